The van der Waals surface area contributed by atoms with Crippen molar-refractivity contribution in [2.75, 3.05) is 13.6 Å². The third-order valence-electron chi connectivity index (χ3n) is 4.76. The van der Waals surface area contributed by atoms with Gasteiger partial charge < -0.3 is 13.9 Å². The standard InChI is InChI=1S/C19H22N2O/c1-14-5-6-18-16(12-14)17-13-20(2)9-8-19(17)21(18)10-7-15-4-3-11-22-15/h3-6,11-12H,7-10,13H2,1-2H3. The van der Waals surface area contributed by atoms with Crippen molar-refractivity contribution in [3.8, 4) is 0 Å². The van der Waals surface area contributed by atoms with Gasteiger partial charge in [-0.05, 0) is 43.8 Å². The lowest BCUT2D eigenvalue weighted by molar-refractivity contribution is 0.309. The molecule has 3 aromatic rings. The molecule has 0 fully saturated rings. The van der Waals surface area contributed by atoms with Crippen molar-refractivity contribution in [2.24, 2.45) is 0 Å². The third-order valence-corrected chi connectivity index (χ3v) is 4.76. The van der Waals surface area contributed by atoms with Gasteiger partial charge in [-0.3, -0.25) is 0 Å². The highest BCUT2D eigenvalue weighted by Gasteiger charge is 2.22. The molecule has 0 saturated carbocycles. The maximum atomic E-state index is 5.50. The van der Waals surface area contributed by atoms with Crippen molar-refractivity contribution in [3.63, 3.8) is 0 Å². The largest absolute Gasteiger partial charge is 0.469 e. The first-order chi connectivity index (χ1) is 10.7. The maximum Gasteiger partial charge on any atom is 0.105 e. The minimum Gasteiger partial charge on any atom is -0.469 e. The van der Waals surface area contributed by atoms with Crippen molar-refractivity contribution >= 4 is 10.9 Å². The molecule has 4 rings (SSSR count). The SMILES string of the molecule is Cc1ccc2c(c1)c1c(n2CCc2ccco2)CCN(C)C1. The summed E-state index contributed by atoms with van der Waals surface area (Å²) in [5.41, 5.74) is 5.75. The van der Waals surface area contributed by atoms with E-state index in [4.69, 9.17) is 4.42 Å². The van der Waals surface area contributed by atoms with E-state index in [2.05, 4.69) is 47.7 Å². The monoisotopic (exact) mass is 294 g/mol. The van der Waals surface area contributed by atoms with Gasteiger partial charge in [0.15, 0.2) is 0 Å². The van der Waals surface area contributed by atoms with Crippen molar-refractivity contribution in [3.05, 3.63) is 59.2 Å². The Labute approximate surface area is 131 Å². The number of fused-ring (bicyclic) bond motifs is 3. The van der Waals surface area contributed by atoms with Crippen LogP contribution in [0.2, 0.25) is 0 Å². The zero-order valence-electron chi connectivity index (χ0n) is 13.3. The first-order valence-corrected chi connectivity index (χ1v) is 8.04. The third kappa shape index (κ3) is 2.26. The topological polar surface area (TPSA) is 21.3 Å². The molecule has 3 heteroatoms. The van der Waals surface area contributed by atoms with Crippen LogP contribution in [0.3, 0.4) is 0 Å². The quantitative estimate of drug-likeness (QED) is 0.733. The van der Waals surface area contributed by atoms with Crippen LogP contribution in [0.5, 0.6) is 0 Å². The van der Waals surface area contributed by atoms with E-state index in [1.807, 2.05) is 6.07 Å². The molecule has 0 radical (unpaired) electrons. The van der Waals surface area contributed by atoms with Gasteiger partial charge in [0.1, 0.15) is 5.76 Å². The fraction of sp³-hybridized carbons (Fsp3) is 0.368. The molecular weight excluding hydrogens is 272 g/mol. The van der Waals surface area contributed by atoms with Gasteiger partial charge in [0, 0.05) is 49.1 Å². The summed E-state index contributed by atoms with van der Waals surface area (Å²) in [7, 11) is 2.21. The minimum atomic E-state index is 0.951. The Bertz CT molecular complexity index is 799. The molecule has 1 aromatic carbocycles. The van der Waals surface area contributed by atoms with Crippen LogP contribution in [0, 0.1) is 6.92 Å². The van der Waals surface area contributed by atoms with Gasteiger partial charge in [-0.15, -0.1) is 0 Å². The first kappa shape index (κ1) is 13.6. The number of benzene rings is 1. The zero-order valence-corrected chi connectivity index (χ0v) is 13.3. The molecule has 0 unspecified atom stereocenters. The molecule has 0 amide bonds. The molecule has 0 saturated heterocycles. The predicted molar refractivity (Wildman–Crippen MR) is 89.1 cm³/mol. The van der Waals surface area contributed by atoms with Crippen molar-refractivity contribution in [1.82, 2.24) is 9.47 Å². The molecule has 114 valence electrons. The van der Waals surface area contributed by atoms with Gasteiger partial charge in [-0.1, -0.05) is 11.6 Å². The Kier molecular flexibility index (Phi) is 3.30. The average molecular weight is 294 g/mol. The first-order valence-electron chi connectivity index (χ1n) is 8.04. The van der Waals surface area contributed by atoms with Crippen LogP contribution in [-0.4, -0.2) is 23.1 Å². The average Bonchev–Trinajstić information content (AvgIpc) is 3.11. The van der Waals surface area contributed by atoms with E-state index in [-0.39, 0.29) is 0 Å². The number of aromatic nitrogens is 1. The van der Waals surface area contributed by atoms with E-state index < -0.39 is 0 Å². The second-order valence-corrected chi connectivity index (χ2v) is 6.41. The van der Waals surface area contributed by atoms with Gasteiger partial charge >= 0.3 is 0 Å². The molecule has 1 aliphatic heterocycles. The lowest BCUT2D eigenvalue weighted by atomic mass is 10.0. The Morgan fingerprint density at radius 1 is 1.23 bits per heavy atom. The van der Waals surface area contributed by atoms with Gasteiger partial charge in [-0.2, -0.15) is 0 Å². The van der Waals surface area contributed by atoms with Gasteiger partial charge in [0.25, 0.3) is 0 Å². The van der Waals surface area contributed by atoms with E-state index in [1.165, 1.54) is 27.7 Å². The number of likely N-dealkylation sites (N-methyl/N-ethyl adjacent to an activating group) is 1. The summed E-state index contributed by atoms with van der Waals surface area (Å²) in [6.45, 7) is 5.37. The zero-order chi connectivity index (χ0) is 15.1. The molecule has 22 heavy (non-hydrogen) atoms. The summed E-state index contributed by atoms with van der Waals surface area (Å²) in [6.07, 6.45) is 3.85. The molecule has 1 aliphatic rings. The highest BCUT2D eigenvalue weighted by Crippen LogP contribution is 2.31. The number of aryl methyl sites for hydroxylation is 3. The van der Waals surface area contributed by atoms with Gasteiger partial charge in [-0.25, -0.2) is 0 Å². The number of hydrogen-bond donors (Lipinski definition) is 0. The second kappa shape index (κ2) is 5.33. The highest BCUT2D eigenvalue weighted by molar-refractivity contribution is 5.86. The van der Waals surface area contributed by atoms with Crippen molar-refractivity contribution < 1.29 is 4.42 Å². The summed E-state index contributed by atoms with van der Waals surface area (Å²) >= 11 is 0. The van der Waals surface area contributed by atoms with E-state index in [9.17, 15) is 0 Å². The van der Waals surface area contributed by atoms with E-state index in [0.717, 1.165) is 38.2 Å². The van der Waals surface area contributed by atoms with Crippen molar-refractivity contribution in [2.45, 2.75) is 32.9 Å². The molecule has 0 bridgehead atoms. The van der Waals surface area contributed by atoms with Crippen LogP contribution in [-0.2, 0) is 25.9 Å². The normalized spacial score (nSPS) is 15.4. The number of furan rings is 1. The molecule has 2 aromatic heterocycles. The van der Waals surface area contributed by atoms with Crippen LogP contribution < -0.4 is 0 Å². The highest BCUT2D eigenvalue weighted by atomic mass is 16.3. The Morgan fingerprint density at radius 2 is 2.14 bits per heavy atom. The summed E-state index contributed by atoms with van der Waals surface area (Å²) in [6, 6.07) is 10.9. The van der Waals surface area contributed by atoms with Crippen LogP contribution in [0.25, 0.3) is 10.9 Å². The number of hydrogen-bond acceptors (Lipinski definition) is 2. The van der Waals surface area contributed by atoms with Crippen molar-refractivity contribution in [1.29, 1.82) is 0 Å². The number of rotatable bonds is 3. The van der Waals surface area contributed by atoms with Gasteiger partial charge in [0.2, 0.25) is 0 Å². The molecule has 0 N–H and O–H groups in total. The second-order valence-electron chi connectivity index (χ2n) is 6.41. The molecule has 3 nitrogen and oxygen atoms in total. The summed E-state index contributed by atoms with van der Waals surface area (Å²) in [5, 5.41) is 1.43. The number of nitrogens with zero attached hydrogens (tertiary/aromatic N) is 2. The lowest BCUT2D eigenvalue weighted by Crippen LogP contribution is -2.27. The molecular formula is C19H22N2O. The van der Waals surface area contributed by atoms with Crippen LogP contribution in [0.1, 0.15) is 22.6 Å². The summed E-state index contributed by atoms with van der Waals surface area (Å²) < 4.78 is 8.02. The molecule has 0 atom stereocenters. The molecule has 0 spiro atoms. The van der Waals surface area contributed by atoms with E-state index in [0.29, 0.717) is 0 Å². The Hall–Kier alpha value is -2.00. The fourth-order valence-electron chi connectivity index (χ4n) is 3.63. The molecule has 3 heterocycles. The molecule has 0 aliphatic carbocycles. The van der Waals surface area contributed by atoms with Crippen LogP contribution in [0.15, 0.2) is 41.0 Å². The van der Waals surface area contributed by atoms with E-state index >= 15 is 0 Å². The fourth-order valence-corrected chi connectivity index (χ4v) is 3.63. The maximum absolute atomic E-state index is 5.50. The Morgan fingerprint density at radius 3 is 2.95 bits per heavy atom. The summed E-state index contributed by atoms with van der Waals surface area (Å²) in [5.74, 6) is 1.07. The van der Waals surface area contributed by atoms with Crippen LogP contribution in [0.4, 0.5) is 0 Å². The van der Waals surface area contributed by atoms with Crippen LogP contribution >= 0.6 is 0 Å². The minimum absolute atomic E-state index is 0.951. The Balaban J connectivity index is 1.79. The predicted octanol–water partition coefficient (Wildman–Crippen LogP) is 3.77. The lowest BCUT2D eigenvalue weighted by Gasteiger charge is -2.24. The smallest absolute Gasteiger partial charge is 0.105 e. The summed E-state index contributed by atoms with van der Waals surface area (Å²) in [4.78, 5) is 2.42. The van der Waals surface area contributed by atoms with E-state index in [1.54, 1.807) is 6.26 Å². The van der Waals surface area contributed by atoms with Gasteiger partial charge in [0.05, 0.1) is 6.26 Å².